The Kier molecular flexibility index (Phi) is 4.72. The van der Waals surface area contributed by atoms with Crippen LogP contribution in [-0.2, 0) is 6.54 Å². The highest BCUT2D eigenvalue weighted by Gasteiger charge is 2.18. The Bertz CT molecular complexity index is 1120. The summed E-state index contributed by atoms with van der Waals surface area (Å²) in [6.45, 7) is 0.595. The largest absolute Gasteiger partial charge is 0.366 e. The number of hydrogen-bond acceptors (Lipinski definition) is 5. The smallest absolute Gasteiger partial charge is 0.255 e. The molecular weight excluding hydrogens is 352 g/mol. The van der Waals surface area contributed by atoms with Gasteiger partial charge < -0.3 is 15.2 Å². The molecule has 1 amide bonds. The van der Waals surface area contributed by atoms with Crippen LogP contribution >= 0.6 is 0 Å². The summed E-state index contributed by atoms with van der Waals surface area (Å²) in [4.78, 5) is 30.6. The normalized spacial score (nSPS) is 10.8. The first kappa shape index (κ1) is 17.7. The average molecular weight is 372 g/mol. The number of carbonyl (C=O) groups excluding carboxylic acids is 1. The standard InChI is InChI=1S/C21H20N6O/c1-27(2)21(28)16-6-4-9-23-19(16)17-11-18(26-20-15(17)7-10-24-20)25-13-14-5-3-8-22-12-14/h3-12H,13H2,1-2H3,(H2,24,25,26). The second-order valence-corrected chi connectivity index (χ2v) is 6.61. The van der Waals surface area contributed by atoms with Crippen molar-refractivity contribution in [1.82, 2.24) is 24.8 Å². The third-order valence-electron chi connectivity index (χ3n) is 4.42. The van der Waals surface area contributed by atoms with Gasteiger partial charge in [0.25, 0.3) is 5.91 Å². The van der Waals surface area contributed by atoms with E-state index in [1.807, 2.05) is 36.7 Å². The monoisotopic (exact) mass is 372 g/mol. The van der Waals surface area contributed by atoms with Gasteiger partial charge in [0.15, 0.2) is 0 Å². The molecule has 0 saturated carbocycles. The molecular formula is C21H20N6O. The minimum atomic E-state index is -0.0894. The van der Waals surface area contributed by atoms with Gasteiger partial charge in [-0.25, -0.2) is 4.98 Å². The molecule has 0 radical (unpaired) electrons. The number of aromatic amines is 1. The topological polar surface area (TPSA) is 86.8 Å². The van der Waals surface area contributed by atoms with Crippen LogP contribution in [0.2, 0.25) is 0 Å². The molecule has 28 heavy (non-hydrogen) atoms. The Morgan fingerprint density at radius 1 is 1.18 bits per heavy atom. The molecule has 2 N–H and O–H groups in total. The van der Waals surface area contributed by atoms with Crippen LogP contribution in [0.3, 0.4) is 0 Å². The number of nitrogens with one attached hydrogen (secondary N) is 2. The summed E-state index contributed by atoms with van der Waals surface area (Å²) < 4.78 is 0. The number of amides is 1. The van der Waals surface area contributed by atoms with Crippen molar-refractivity contribution in [2.45, 2.75) is 6.54 Å². The van der Waals surface area contributed by atoms with Gasteiger partial charge in [-0.15, -0.1) is 0 Å². The van der Waals surface area contributed by atoms with E-state index in [0.717, 1.165) is 22.2 Å². The van der Waals surface area contributed by atoms with E-state index in [4.69, 9.17) is 0 Å². The first-order valence-corrected chi connectivity index (χ1v) is 8.91. The van der Waals surface area contributed by atoms with Gasteiger partial charge in [-0.2, -0.15) is 0 Å². The molecule has 4 aromatic heterocycles. The molecule has 4 aromatic rings. The number of fused-ring (bicyclic) bond motifs is 1. The van der Waals surface area contributed by atoms with E-state index in [9.17, 15) is 4.79 Å². The molecule has 0 aliphatic carbocycles. The lowest BCUT2D eigenvalue weighted by Gasteiger charge is -2.15. The number of aromatic nitrogens is 4. The van der Waals surface area contributed by atoms with Gasteiger partial charge >= 0.3 is 0 Å². The van der Waals surface area contributed by atoms with E-state index in [0.29, 0.717) is 23.6 Å². The van der Waals surface area contributed by atoms with Crippen molar-refractivity contribution in [3.8, 4) is 11.3 Å². The lowest BCUT2D eigenvalue weighted by Crippen LogP contribution is -2.22. The fourth-order valence-electron chi connectivity index (χ4n) is 3.05. The number of hydrogen-bond donors (Lipinski definition) is 2. The van der Waals surface area contributed by atoms with Crippen LogP contribution in [-0.4, -0.2) is 44.8 Å². The van der Waals surface area contributed by atoms with Crippen LogP contribution in [0.1, 0.15) is 15.9 Å². The molecule has 0 fully saturated rings. The molecule has 0 aromatic carbocycles. The highest BCUT2D eigenvalue weighted by Crippen LogP contribution is 2.31. The third-order valence-corrected chi connectivity index (χ3v) is 4.42. The van der Waals surface area contributed by atoms with E-state index >= 15 is 0 Å². The van der Waals surface area contributed by atoms with Crippen molar-refractivity contribution >= 4 is 22.8 Å². The van der Waals surface area contributed by atoms with Crippen molar-refractivity contribution in [2.24, 2.45) is 0 Å². The summed E-state index contributed by atoms with van der Waals surface area (Å²) in [6, 6.07) is 11.4. The maximum Gasteiger partial charge on any atom is 0.255 e. The van der Waals surface area contributed by atoms with Crippen LogP contribution in [0.5, 0.6) is 0 Å². The Hall–Kier alpha value is -3.74. The van der Waals surface area contributed by atoms with E-state index in [1.54, 1.807) is 43.5 Å². The Morgan fingerprint density at radius 2 is 2.04 bits per heavy atom. The molecule has 4 heterocycles. The van der Waals surface area contributed by atoms with Crippen LogP contribution in [0.25, 0.3) is 22.3 Å². The summed E-state index contributed by atoms with van der Waals surface area (Å²) in [5.41, 5.74) is 3.83. The van der Waals surface area contributed by atoms with Gasteiger partial charge in [-0.05, 0) is 35.9 Å². The molecule has 0 aliphatic rings. The van der Waals surface area contributed by atoms with E-state index in [1.165, 1.54) is 0 Å². The second-order valence-electron chi connectivity index (χ2n) is 6.61. The highest BCUT2D eigenvalue weighted by atomic mass is 16.2. The number of nitrogens with zero attached hydrogens (tertiary/aromatic N) is 4. The van der Waals surface area contributed by atoms with E-state index in [2.05, 4.69) is 25.3 Å². The second kappa shape index (κ2) is 7.48. The summed E-state index contributed by atoms with van der Waals surface area (Å²) in [5.74, 6) is 0.608. The van der Waals surface area contributed by atoms with Gasteiger partial charge in [0.05, 0.1) is 11.3 Å². The maximum absolute atomic E-state index is 12.6. The molecule has 7 nitrogen and oxygen atoms in total. The number of rotatable bonds is 5. The minimum Gasteiger partial charge on any atom is -0.366 e. The zero-order valence-electron chi connectivity index (χ0n) is 15.7. The molecule has 0 atom stereocenters. The summed E-state index contributed by atoms with van der Waals surface area (Å²) >= 11 is 0. The zero-order valence-corrected chi connectivity index (χ0v) is 15.7. The van der Waals surface area contributed by atoms with Crippen molar-refractivity contribution in [3.63, 3.8) is 0 Å². The Balaban J connectivity index is 1.77. The molecule has 0 spiro atoms. The number of H-pyrrole nitrogens is 1. The van der Waals surface area contributed by atoms with Crippen molar-refractivity contribution in [3.05, 3.63) is 72.3 Å². The summed E-state index contributed by atoms with van der Waals surface area (Å²) in [5, 5.41) is 4.25. The lowest BCUT2D eigenvalue weighted by atomic mass is 10.0. The quantitative estimate of drug-likeness (QED) is 0.561. The Labute approximate surface area is 162 Å². The van der Waals surface area contributed by atoms with E-state index in [-0.39, 0.29) is 5.91 Å². The van der Waals surface area contributed by atoms with Crippen molar-refractivity contribution in [1.29, 1.82) is 0 Å². The lowest BCUT2D eigenvalue weighted by molar-refractivity contribution is 0.0828. The molecule has 0 bridgehead atoms. The number of anilines is 1. The minimum absolute atomic E-state index is 0.0894. The SMILES string of the molecule is CN(C)C(=O)c1cccnc1-c1cc(NCc2cccnc2)nc2[nH]ccc12. The predicted molar refractivity (Wildman–Crippen MR) is 109 cm³/mol. The van der Waals surface area contributed by atoms with Gasteiger partial charge in [0.1, 0.15) is 11.5 Å². The first-order valence-electron chi connectivity index (χ1n) is 8.91. The maximum atomic E-state index is 12.6. The van der Waals surface area contributed by atoms with Crippen LogP contribution in [0.15, 0.2) is 61.2 Å². The fourth-order valence-corrected chi connectivity index (χ4v) is 3.05. The van der Waals surface area contributed by atoms with Crippen molar-refractivity contribution < 1.29 is 4.79 Å². The number of pyridine rings is 3. The fraction of sp³-hybridized carbons (Fsp3) is 0.143. The summed E-state index contributed by atoms with van der Waals surface area (Å²) in [6.07, 6.45) is 7.09. The molecule has 7 heteroatoms. The van der Waals surface area contributed by atoms with Crippen molar-refractivity contribution in [2.75, 3.05) is 19.4 Å². The molecule has 0 saturated heterocycles. The van der Waals surface area contributed by atoms with Gasteiger partial charge in [-0.1, -0.05) is 6.07 Å². The molecule has 0 aliphatic heterocycles. The zero-order chi connectivity index (χ0) is 19.5. The first-order chi connectivity index (χ1) is 13.6. The summed E-state index contributed by atoms with van der Waals surface area (Å²) in [7, 11) is 3.47. The van der Waals surface area contributed by atoms with Gasteiger partial charge in [-0.3, -0.25) is 14.8 Å². The number of carbonyl (C=O) groups is 1. The van der Waals surface area contributed by atoms with Crippen LogP contribution in [0.4, 0.5) is 5.82 Å². The molecule has 4 rings (SSSR count). The Morgan fingerprint density at radius 3 is 2.82 bits per heavy atom. The van der Waals surface area contributed by atoms with Gasteiger partial charge in [0.2, 0.25) is 0 Å². The molecule has 140 valence electrons. The predicted octanol–water partition coefficient (Wildman–Crippen LogP) is 3.33. The van der Waals surface area contributed by atoms with Crippen LogP contribution in [0, 0.1) is 0 Å². The van der Waals surface area contributed by atoms with Gasteiger partial charge in [0, 0.05) is 56.4 Å². The molecule has 0 unspecified atom stereocenters. The average Bonchev–Trinajstić information content (AvgIpc) is 3.20. The highest BCUT2D eigenvalue weighted by molar-refractivity contribution is 6.04. The third kappa shape index (κ3) is 3.42. The van der Waals surface area contributed by atoms with E-state index < -0.39 is 0 Å². The van der Waals surface area contributed by atoms with Crippen LogP contribution < -0.4 is 5.32 Å².